The van der Waals surface area contributed by atoms with Crippen molar-refractivity contribution in [3.05, 3.63) is 102 Å². The Bertz CT molecular complexity index is 1500. The first kappa shape index (κ1) is 22.3. The van der Waals surface area contributed by atoms with E-state index in [1.807, 2.05) is 42.5 Å². The van der Waals surface area contributed by atoms with Crippen LogP contribution in [0.2, 0.25) is 0 Å². The second-order valence-corrected chi connectivity index (χ2v) is 7.80. The molecule has 0 saturated carbocycles. The van der Waals surface area contributed by atoms with Gasteiger partial charge >= 0.3 is 6.18 Å². The molecule has 0 bridgehead atoms. The van der Waals surface area contributed by atoms with Crippen LogP contribution in [0.5, 0.6) is 0 Å². The van der Waals surface area contributed by atoms with Crippen LogP contribution in [-0.4, -0.2) is 25.5 Å². The number of amides is 1. The Hall–Kier alpha value is -4.53. The Labute approximate surface area is 198 Å². The van der Waals surface area contributed by atoms with Crippen molar-refractivity contribution in [3.63, 3.8) is 0 Å². The van der Waals surface area contributed by atoms with Gasteiger partial charge in [0.25, 0.3) is 0 Å². The van der Waals surface area contributed by atoms with Crippen molar-refractivity contribution in [1.82, 2.24) is 19.6 Å². The van der Waals surface area contributed by atoms with E-state index in [1.165, 1.54) is 22.7 Å². The first-order valence-corrected chi connectivity index (χ1v) is 10.7. The van der Waals surface area contributed by atoms with E-state index in [1.54, 1.807) is 24.4 Å². The zero-order valence-electron chi connectivity index (χ0n) is 18.2. The minimum atomic E-state index is -4.56. The van der Waals surface area contributed by atoms with E-state index in [9.17, 15) is 18.0 Å². The molecule has 0 aliphatic rings. The molecule has 0 atom stereocenters. The van der Waals surface area contributed by atoms with Crippen LogP contribution < -0.4 is 5.32 Å². The maximum absolute atomic E-state index is 13.4. The predicted octanol–water partition coefficient (Wildman–Crippen LogP) is 5.66. The fourth-order valence-corrected chi connectivity index (χ4v) is 3.78. The van der Waals surface area contributed by atoms with Crippen LogP contribution in [0.3, 0.4) is 0 Å². The topological polar surface area (TPSA) is 72.2 Å². The van der Waals surface area contributed by atoms with E-state index >= 15 is 0 Å². The van der Waals surface area contributed by atoms with Gasteiger partial charge in [0.2, 0.25) is 5.91 Å². The monoisotopic (exact) mass is 473 g/mol. The molecule has 2 aromatic carbocycles. The van der Waals surface area contributed by atoms with Crippen LogP contribution in [-0.2, 0) is 17.4 Å². The molecule has 6 nitrogen and oxygen atoms in total. The third-order valence-electron chi connectivity index (χ3n) is 5.37. The van der Waals surface area contributed by atoms with Gasteiger partial charge in [0, 0.05) is 17.3 Å². The largest absolute Gasteiger partial charge is 0.416 e. The van der Waals surface area contributed by atoms with Crippen LogP contribution in [0.25, 0.3) is 28.3 Å². The molecule has 0 saturated heterocycles. The zero-order valence-corrected chi connectivity index (χ0v) is 18.2. The number of aromatic nitrogens is 4. The highest BCUT2D eigenvalue weighted by Crippen LogP contribution is 2.32. The second-order valence-electron chi connectivity index (χ2n) is 7.80. The molecule has 0 spiro atoms. The molecule has 3 aromatic heterocycles. The Morgan fingerprint density at radius 3 is 2.37 bits per heavy atom. The minimum absolute atomic E-state index is 0.113. The van der Waals surface area contributed by atoms with Crippen LogP contribution in [0.1, 0.15) is 11.1 Å². The van der Waals surface area contributed by atoms with Gasteiger partial charge in [-0.25, -0.2) is 4.98 Å². The maximum atomic E-state index is 13.4. The summed E-state index contributed by atoms with van der Waals surface area (Å²) in [5, 5.41) is 7.24. The second kappa shape index (κ2) is 9.02. The van der Waals surface area contributed by atoms with Gasteiger partial charge in [-0.2, -0.15) is 17.7 Å². The van der Waals surface area contributed by atoms with Crippen LogP contribution in [0, 0.1) is 0 Å². The molecule has 0 unspecified atom stereocenters. The lowest BCUT2D eigenvalue weighted by molar-refractivity contribution is -0.138. The summed E-state index contributed by atoms with van der Waals surface area (Å²) < 4.78 is 41.6. The van der Waals surface area contributed by atoms with E-state index in [4.69, 9.17) is 0 Å². The van der Waals surface area contributed by atoms with E-state index < -0.39 is 24.1 Å². The average Bonchev–Trinajstić information content (AvgIpc) is 3.29. The van der Waals surface area contributed by atoms with Gasteiger partial charge in [0.1, 0.15) is 5.82 Å². The zero-order chi connectivity index (χ0) is 24.4. The molecule has 35 heavy (non-hydrogen) atoms. The molecule has 5 rings (SSSR count). The standard InChI is InChI=1S/C26H18F3N5O/c27-26(28,29)20-11-5-4-10-18(20)16-24(35)31-22-14-19(21-12-6-7-13-30-21)15-23-32-25(33-34(22)23)17-8-2-1-3-9-17/h1-15H,16H2,(H,31,35). The summed E-state index contributed by atoms with van der Waals surface area (Å²) in [5.74, 6) is 0.104. The highest BCUT2D eigenvalue weighted by atomic mass is 19.4. The average molecular weight is 473 g/mol. The lowest BCUT2D eigenvalue weighted by atomic mass is 10.0. The number of halogens is 3. The molecule has 0 aliphatic heterocycles. The summed E-state index contributed by atoms with van der Waals surface area (Å²) in [4.78, 5) is 21.8. The number of pyridine rings is 2. The maximum Gasteiger partial charge on any atom is 0.416 e. The molecule has 3 heterocycles. The van der Waals surface area contributed by atoms with E-state index in [0.717, 1.165) is 11.6 Å². The number of carbonyl (C=O) groups excluding carboxylic acids is 1. The molecule has 5 aromatic rings. The van der Waals surface area contributed by atoms with Crippen molar-refractivity contribution in [1.29, 1.82) is 0 Å². The number of hydrogen-bond acceptors (Lipinski definition) is 4. The normalized spacial score (nSPS) is 11.5. The summed E-state index contributed by atoms with van der Waals surface area (Å²) in [7, 11) is 0. The number of hydrogen-bond donors (Lipinski definition) is 1. The van der Waals surface area contributed by atoms with Crippen LogP contribution >= 0.6 is 0 Å². The number of nitrogens with zero attached hydrogens (tertiary/aromatic N) is 4. The lowest BCUT2D eigenvalue weighted by Crippen LogP contribution is -2.19. The van der Waals surface area contributed by atoms with E-state index in [2.05, 4.69) is 20.4 Å². The first-order chi connectivity index (χ1) is 16.9. The minimum Gasteiger partial charge on any atom is -0.310 e. The summed E-state index contributed by atoms with van der Waals surface area (Å²) >= 11 is 0. The highest BCUT2D eigenvalue weighted by Gasteiger charge is 2.33. The van der Waals surface area contributed by atoms with Crippen LogP contribution in [0.15, 0.2) is 91.1 Å². The molecule has 174 valence electrons. The Morgan fingerprint density at radius 1 is 0.886 bits per heavy atom. The molecule has 0 aliphatic carbocycles. The number of rotatable bonds is 5. The van der Waals surface area contributed by atoms with Gasteiger partial charge in [-0.15, -0.1) is 5.10 Å². The van der Waals surface area contributed by atoms with Gasteiger partial charge in [0.05, 0.1) is 17.7 Å². The van der Waals surface area contributed by atoms with Gasteiger partial charge < -0.3 is 5.32 Å². The molecule has 0 radical (unpaired) electrons. The highest BCUT2D eigenvalue weighted by molar-refractivity contribution is 5.93. The number of fused-ring (bicyclic) bond motifs is 1. The van der Waals surface area contributed by atoms with Crippen LogP contribution in [0.4, 0.5) is 19.0 Å². The molecule has 1 amide bonds. The predicted molar refractivity (Wildman–Crippen MR) is 125 cm³/mol. The Morgan fingerprint density at radius 2 is 1.63 bits per heavy atom. The molecule has 1 N–H and O–H groups in total. The van der Waals surface area contributed by atoms with Gasteiger partial charge in [0.15, 0.2) is 11.5 Å². The van der Waals surface area contributed by atoms with Crippen molar-refractivity contribution in [2.24, 2.45) is 0 Å². The van der Waals surface area contributed by atoms with Gasteiger partial charge in [-0.1, -0.05) is 54.6 Å². The molecule has 0 fully saturated rings. The van der Waals surface area contributed by atoms with E-state index in [-0.39, 0.29) is 11.4 Å². The Balaban J connectivity index is 1.54. The summed E-state index contributed by atoms with van der Waals surface area (Å²) in [5.41, 5.74) is 1.62. The van der Waals surface area contributed by atoms with Crippen molar-refractivity contribution in [2.45, 2.75) is 12.6 Å². The quantitative estimate of drug-likeness (QED) is 0.358. The fraction of sp³-hybridized carbons (Fsp3) is 0.0769. The number of carbonyl (C=O) groups is 1. The van der Waals surface area contributed by atoms with Gasteiger partial charge in [-0.05, 0) is 35.9 Å². The van der Waals surface area contributed by atoms with Crippen molar-refractivity contribution >= 4 is 17.4 Å². The third kappa shape index (κ3) is 4.74. The van der Waals surface area contributed by atoms with Gasteiger partial charge in [-0.3, -0.25) is 9.78 Å². The fourth-order valence-electron chi connectivity index (χ4n) is 3.78. The van der Waals surface area contributed by atoms with Crippen molar-refractivity contribution in [2.75, 3.05) is 5.32 Å². The van der Waals surface area contributed by atoms with E-state index in [0.29, 0.717) is 22.7 Å². The Kier molecular flexibility index (Phi) is 5.74. The number of benzene rings is 2. The number of anilines is 1. The number of nitrogens with one attached hydrogen (secondary N) is 1. The summed E-state index contributed by atoms with van der Waals surface area (Å²) in [6.07, 6.45) is -3.37. The van der Waals surface area contributed by atoms with Crippen molar-refractivity contribution in [3.8, 4) is 22.6 Å². The summed E-state index contributed by atoms with van der Waals surface area (Å²) in [6.45, 7) is 0. The smallest absolute Gasteiger partial charge is 0.310 e. The molecular formula is C26H18F3N5O. The lowest BCUT2D eigenvalue weighted by Gasteiger charge is -2.13. The molecular weight excluding hydrogens is 455 g/mol. The number of alkyl halides is 3. The first-order valence-electron chi connectivity index (χ1n) is 10.7. The SMILES string of the molecule is O=C(Cc1ccccc1C(F)(F)F)Nc1cc(-c2ccccn2)cc2nc(-c3ccccc3)nn12. The summed E-state index contributed by atoms with van der Waals surface area (Å²) in [6, 6.07) is 23.2. The third-order valence-corrected chi connectivity index (χ3v) is 5.37. The molecule has 9 heteroatoms. The van der Waals surface area contributed by atoms with Crippen molar-refractivity contribution < 1.29 is 18.0 Å².